The molecule has 1 saturated heterocycles. The smallest absolute Gasteiger partial charge is 0.241 e. The average Bonchev–Trinajstić information content (AvgIpc) is 3.14. The van der Waals surface area contributed by atoms with Crippen molar-refractivity contribution in [3.63, 3.8) is 0 Å². The molecule has 0 saturated carbocycles. The highest BCUT2D eigenvalue weighted by molar-refractivity contribution is 7.89. The minimum Gasteiger partial charge on any atom is -0.341 e. The maximum atomic E-state index is 12.9. The van der Waals surface area contributed by atoms with Crippen LogP contribution >= 0.6 is 0 Å². The second-order valence-corrected chi connectivity index (χ2v) is 9.69. The largest absolute Gasteiger partial charge is 0.341 e. The number of nitrogens with zero attached hydrogens (tertiary/aromatic N) is 1. The van der Waals surface area contributed by atoms with Crippen LogP contribution in [0.5, 0.6) is 0 Å². The van der Waals surface area contributed by atoms with Crippen molar-refractivity contribution < 1.29 is 13.2 Å². The summed E-state index contributed by atoms with van der Waals surface area (Å²) in [4.78, 5) is 14.9. The fraction of sp³-hybridized carbons (Fsp3) is 0.650. The molecule has 1 aliphatic carbocycles. The van der Waals surface area contributed by atoms with Crippen molar-refractivity contribution >= 4 is 15.9 Å². The summed E-state index contributed by atoms with van der Waals surface area (Å²) in [6.07, 6.45) is 6.73. The van der Waals surface area contributed by atoms with Crippen LogP contribution in [0.15, 0.2) is 23.1 Å². The van der Waals surface area contributed by atoms with Gasteiger partial charge in [-0.15, -0.1) is 0 Å². The molecule has 0 spiro atoms. The maximum absolute atomic E-state index is 12.9. The van der Waals surface area contributed by atoms with Crippen LogP contribution in [0.2, 0.25) is 0 Å². The summed E-state index contributed by atoms with van der Waals surface area (Å²) < 4.78 is 28.6. The van der Waals surface area contributed by atoms with Crippen LogP contribution < -0.4 is 4.72 Å². The number of likely N-dealkylation sites (tertiary alicyclic amines) is 1. The zero-order valence-electron chi connectivity index (χ0n) is 15.8. The molecule has 26 heavy (non-hydrogen) atoms. The monoisotopic (exact) mass is 378 g/mol. The van der Waals surface area contributed by atoms with Gasteiger partial charge < -0.3 is 4.90 Å². The molecule has 2 aliphatic rings. The molecular formula is C20H30N2O3S. The van der Waals surface area contributed by atoms with Crippen molar-refractivity contribution in [2.24, 2.45) is 5.92 Å². The summed E-state index contributed by atoms with van der Waals surface area (Å²) in [5.74, 6) is 0.149. The van der Waals surface area contributed by atoms with Gasteiger partial charge in [0.25, 0.3) is 0 Å². The zero-order chi connectivity index (χ0) is 18.7. The lowest BCUT2D eigenvalue weighted by molar-refractivity contribution is -0.132. The van der Waals surface area contributed by atoms with Crippen molar-refractivity contribution in [1.29, 1.82) is 0 Å². The number of carbonyl (C=O) groups is 1. The van der Waals surface area contributed by atoms with E-state index < -0.39 is 16.1 Å². The zero-order valence-corrected chi connectivity index (χ0v) is 16.6. The lowest BCUT2D eigenvalue weighted by atomic mass is 9.92. The van der Waals surface area contributed by atoms with Crippen LogP contribution in [0, 0.1) is 5.92 Å². The third-order valence-corrected chi connectivity index (χ3v) is 6.82. The number of amides is 1. The quantitative estimate of drug-likeness (QED) is 0.828. The molecule has 0 bridgehead atoms. The van der Waals surface area contributed by atoms with Crippen LogP contribution in [0.1, 0.15) is 57.1 Å². The standard InChI is InChI=1S/C20H30N2O3S/c1-15(2)13-19(20(23)22-11-5-6-12-22)21-26(24,25)18-10-9-16-7-3-4-8-17(16)14-18/h9-10,14-15,19,21H,3-8,11-13H2,1-2H3/t19-/m1/s1. The Bertz CT molecular complexity index is 752. The third-order valence-electron chi connectivity index (χ3n) is 5.35. The van der Waals surface area contributed by atoms with E-state index in [1.54, 1.807) is 17.0 Å². The molecule has 1 N–H and O–H groups in total. The van der Waals surface area contributed by atoms with Gasteiger partial charge in [-0.25, -0.2) is 8.42 Å². The minimum absolute atomic E-state index is 0.0854. The van der Waals surface area contributed by atoms with E-state index in [2.05, 4.69) is 4.72 Å². The van der Waals surface area contributed by atoms with Gasteiger partial charge in [-0.05, 0) is 74.1 Å². The summed E-state index contributed by atoms with van der Waals surface area (Å²) in [5, 5.41) is 0. The molecule has 0 unspecified atom stereocenters. The lowest BCUT2D eigenvalue weighted by Crippen LogP contribution is -2.48. The molecule has 144 valence electrons. The Labute approximate surface area is 157 Å². The number of benzene rings is 1. The predicted molar refractivity (Wildman–Crippen MR) is 102 cm³/mol. The SMILES string of the molecule is CC(C)C[C@@H](NS(=O)(=O)c1ccc2c(c1)CCCC2)C(=O)N1CCCC1. The first-order chi connectivity index (χ1) is 12.4. The molecule has 0 aromatic heterocycles. The Kier molecular flexibility index (Phi) is 6.03. The van der Waals surface area contributed by atoms with Crippen LogP contribution in [-0.2, 0) is 27.7 Å². The minimum atomic E-state index is -3.71. The predicted octanol–water partition coefficient (Wildman–Crippen LogP) is 2.88. The number of hydrogen-bond donors (Lipinski definition) is 1. The van der Waals surface area contributed by atoms with Gasteiger partial charge in [0.15, 0.2) is 0 Å². The van der Waals surface area contributed by atoms with Gasteiger partial charge in [0.05, 0.1) is 4.90 Å². The van der Waals surface area contributed by atoms with E-state index in [1.165, 1.54) is 5.56 Å². The number of sulfonamides is 1. The number of nitrogens with one attached hydrogen (secondary N) is 1. The summed E-state index contributed by atoms with van der Waals surface area (Å²) >= 11 is 0. The number of aryl methyl sites for hydroxylation is 2. The Morgan fingerprint density at radius 1 is 1.08 bits per heavy atom. The summed E-state index contributed by atoms with van der Waals surface area (Å²) in [5.41, 5.74) is 2.38. The molecule has 1 heterocycles. The van der Waals surface area contributed by atoms with Crippen LogP contribution in [0.4, 0.5) is 0 Å². The van der Waals surface area contributed by atoms with Crippen molar-refractivity contribution in [3.8, 4) is 0 Å². The first-order valence-corrected chi connectivity index (χ1v) is 11.3. The van der Waals surface area contributed by atoms with Crippen LogP contribution in [-0.4, -0.2) is 38.4 Å². The third kappa shape index (κ3) is 4.46. The maximum Gasteiger partial charge on any atom is 0.241 e. The van der Waals surface area contributed by atoms with Crippen LogP contribution in [0.3, 0.4) is 0 Å². The average molecular weight is 379 g/mol. The van der Waals surface area contributed by atoms with Crippen molar-refractivity contribution in [1.82, 2.24) is 9.62 Å². The normalized spacial score (nSPS) is 18.8. The fourth-order valence-corrected chi connectivity index (χ4v) is 5.21. The highest BCUT2D eigenvalue weighted by atomic mass is 32.2. The first kappa shape index (κ1) is 19.4. The fourth-order valence-electron chi connectivity index (χ4n) is 3.96. The summed E-state index contributed by atoms with van der Waals surface area (Å²) in [6.45, 7) is 5.48. The van der Waals surface area contributed by atoms with E-state index in [-0.39, 0.29) is 16.7 Å². The van der Waals surface area contributed by atoms with Gasteiger partial charge in [-0.1, -0.05) is 19.9 Å². The van der Waals surface area contributed by atoms with Gasteiger partial charge in [-0.3, -0.25) is 4.79 Å². The molecule has 1 aliphatic heterocycles. The number of fused-ring (bicyclic) bond motifs is 1. The number of rotatable bonds is 6. The van der Waals surface area contributed by atoms with E-state index in [9.17, 15) is 13.2 Å². The van der Waals surface area contributed by atoms with E-state index >= 15 is 0 Å². The topological polar surface area (TPSA) is 66.5 Å². The molecule has 1 aromatic carbocycles. The van der Waals surface area contributed by atoms with Crippen molar-refractivity contribution in [2.45, 2.75) is 69.7 Å². The molecule has 1 fully saturated rings. The summed E-state index contributed by atoms with van der Waals surface area (Å²) in [6, 6.07) is 4.72. The lowest BCUT2D eigenvalue weighted by Gasteiger charge is -2.25. The van der Waals surface area contributed by atoms with E-state index in [0.29, 0.717) is 6.42 Å². The van der Waals surface area contributed by atoms with Gasteiger partial charge in [0, 0.05) is 13.1 Å². The number of hydrogen-bond acceptors (Lipinski definition) is 3. The van der Waals surface area contributed by atoms with E-state index in [4.69, 9.17) is 0 Å². The first-order valence-electron chi connectivity index (χ1n) is 9.80. The Morgan fingerprint density at radius 2 is 1.73 bits per heavy atom. The Morgan fingerprint density at radius 3 is 2.38 bits per heavy atom. The molecule has 1 aromatic rings. The molecule has 1 atom stereocenters. The van der Waals surface area contributed by atoms with Gasteiger partial charge in [0.2, 0.25) is 15.9 Å². The molecule has 3 rings (SSSR count). The van der Waals surface area contributed by atoms with Gasteiger partial charge in [-0.2, -0.15) is 4.72 Å². The van der Waals surface area contributed by atoms with E-state index in [0.717, 1.165) is 57.2 Å². The highest BCUT2D eigenvalue weighted by Crippen LogP contribution is 2.24. The molecule has 5 nitrogen and oxygen atoms in total. The van der Waals surface area contributed by atoms with Gasteiger partial charge >= 0.3 is 0 Å². The molecule has 6 heteroatoms. The molecule has 0 radical (unpaired) electrons. The second-order valence-electron chi connectivity index (χ2n) is 7.97. The Hall–Kier alpha value is -1.40. The van der Waals surface area contributed by atoms with Crippen molar-refractivity contribution in [3.05, 3.63) is 29.3 Å². The summed E-state index contributed by atoms with van der Waals surface area (Å²) in [7, 11) is -3.71. The number of carbonyl (C=O) groups excluding carboxylic acids is 1. The highest BCUT2D eigenvalue weighted by Gasteiger charge is 2.31. The van der Waals surface area contributed by atoms with E-state index in [1.807, 2.05) is 19.9 Å². The second kappa shape index (κ2) is 8.09. The Balaban J connectivity index is 1.81. The van der Waals surface area contributed by atoms with Crippen molar-refractivity contribution in [2.75, 3.05) is 13.1 Å². The molecular weight excluding hydrogens is 348 g/mol. The van der Waals surface area contributed by atoms with Gasteiger partial charge in [0.1, 0.15) is 6.04 Å². The van der Waals surface area contributed by atoms with Crippen LogP contribution in [0.25, 0.3) is 0 Å². The molecule has 1 amide bonds.